The summed E-state index contributed by atoms with van der Waals surface area (Å²) in [5, 5.41) is 14.7. The number of amides is 2. The first kappa shape index (κ1) is 18.5. The van der Waals surface area contributed by atoms with E-state index in [1.807, 2.05) is 0 Å². The standard InChI is InChI=1S/C18H18F2N2O3/c1-10-8-12(6-7-13(10)11(2)23)22-18(25)21-9-16(24)17-14(19)4-3-5-15(17)20/h3-8,16,24H,9H2,1-2H3,(H2,21,22,25). The molecule has 0 saturated carbocycles. The van der Waals surface area contributed by atoms with E-state index >= 15 is 0 Å². The van der Waals surface area contributed by atoms with Crippen LogP contribution < -0.4 is 10.6 Å². The predicted octanol–water partition coefficient (Wildman–Crippen LogP) is 3.33. The number of urea groups is 1. The van der Waals surface area contributed by atoms with E-state index in [1.165, 1.54) is 13.0 Å². The molecule has 0 radical (unpaired) electrons. The summed E-state index contributed by atoms with van der Waals surface area (Å²) in [5.41, 5.74) is 1.21. The van der Waals surface area contributed by atoms with E-state index in [4.69, 9.17) is 0 Å². The smallest absolute Gasteiger partial charge is 0.319 e. The maximum Gasteiger partial charge on any atom is 0.319 e. The van der Waals surface area contributed by atoms with Crippen molar-refractivity contribution in [1.29, 1.82) is 0 Å². The van der Waals surface area contributed by atoms with Crippen molar-refractivity contribution in [3.05, 3.63) is 64.7 Å². The molecule has 0 fully saturated rings. The molecule has 0 aromatic heterocycles. The van der Waals surface area contributed by atoms with E-state index < -0.39 is 29.3 Å². The average molecular weight is 348 g/mol. The van der Waals surface area contributed by atoms with Gasteiger partial charge in [0.2, 0.25) is 0 Å². The number of hydrogen-bond donors (Lipinski definition) is 3. The Bertz CT molecular complexity index is 789. The van der Waals surface area contributed by atoms with Gasteiger partial charge in [0, 0.05) is 17.8 Å². The summed E-state index contributed by atoms with van der Waals surface area (Å²) in [5.74, 6) is -1.85. The third kappa shape index (κ3) is 4.60. The lowest BCUT2D eigenvalue weighted by molar-refractivity contribution is 0.101. The summed E-state index contributed by atoms with van der Waals surface area (Å²) in [6, 6.07) is 7.39. The fourth-order valence-electron chi connectivity index (χ4n) is 2.43. The van der Waals surface area contributed by atoms with E-state index in [0.29, 0.717) is 16.8 Å². The van der Waals surface area contributed by atoms with Crippen molar-refractivity contribution in [3.63, 3.8) is 0 Å². The van der Waals surface area contributed by atoms with Crippen molar-refractivity contribution in [2.24, 2.45) is 0 Å². The minimum Gasteiger partial charge on any atom is -0.386 e. The van der Waals surface area contributed by atoms with Crippen LogP contribution in [0.4, 0.5) is 19.3 Å². The molecule has 25 heavy (non-hydrogen) atoms. The zero-order valence-electron chi connectivity index (χ0n) is 13.8. The molecule has 5 nitrogen and oxygen atoms in total. The summed E-state index contributed by atoms with van der Waals surface area (Å²) < 4.78 is 27.1. The second-order valence-electron chi connectivity index (χ2n) is 5.57. The van der Waals surface area contributed by atoms with Crippen molar-refractivity contribution < 1.29 is 23.5 Å². The quantitative estimate of drug-likeness (QED) is 0.725. The van der Waals surface area contributed by atoms with Crippen LogP contribution in [0.1, 0.15) is 34.5 Å². The molecular weight excluding hydrogens is 330 g/mol. The molecule has 0 aliphatic carbocycles. The maximum atomic E-state index is 13.6. The topological polar surface area (TPSA) is 78.4 Å². The largest absolute Gasteiger partial charge is 0.386 e. The van der Waals surface area contributed by atoms with Crippen LogP contribution in [0.3, 0.4) is 0 Å². The van der Waals surface area contributed by atoms with E-state index in [0.717, 1.165) is 12.1 Å². The average Bonchev–Trinajstić information content (AvgIpc) is 2.52. The molecular formula is C18H18F2N2O3. The molecule has 0 heterocycles. The number of carbonyl (C=O) groups is 2. The lowest BCUT2D eigenvalue weighted by atomic mass is 10.1. The number of aliphatic hydroxyl groups excluding tert-OH is 1. The van der Waals surface area contributed by atoms with Crippen molar-refractivity contribution in [3.8, 4) is 0 Å². The van der Waals surface area contributed by atoms with E-state index in [9.17, 15) is 23.5 Å². The van der Waals surface area contributed by atoms with Crippen molar-refractivity contribution >= 4 is 17.5 Å². The Hall–Kier alpha value is -2.80. The highest BCUT2D eigenvalue weighted by atomic mass is 19.1. The first-order chi connectivity index (χ1) is 11.8. The number of carbonyl (C=O) groups excluding carboxylic acids is 2. The number of aryl methyl sites for hydroxylation is 1. The highest BCUT2D eigenvalue weighted by molar-refractivity contribution is 5.96. The van der Waals surface area contributed by atoms with Crippen LogP contribution in [0.15, 0.2) is 36.4 Å². The highest BCUT2D eigenvalue weighted by Crippen LogP contribution is 2.20. The van der Waals surface area contributed by atoms with Crippen LogP contribution in [0.2, 0.25) is 0 Å². The second-order valence-corrected chi connectivity index (χ2v) is 5.57. The molecule has 0 spiro atoms. The minimum absolute atomic E-state index is 0.0801. The van der Waals surface area contributed by atoms with Gasteiger partial charge in [-0.25, -0.2) is 13.6 Å². The molecule has 0 aliphatic rings. The van der Waals surface area contributed by atoms with Gasteiger partial charge in [0.15, 0.2) is 5.78 Å². The number of hydrogen-bond acceptors (Lipinski definition) is 3. The van der Waals surface area contributed by atoms with Crippen molar-refractivity contribution in [2.75, 3.05) is 11.9 Å². The van der Waals surface area contributed by atoms with Crippen LogP contribution in [-0.4, -0.2) is 23.5 Å². The summed E-state index contributed by atoms with van der Waals surface area (Å²) in [4.78, 5) is 23.2. The number of benzene rings is 2. The molecule has 1 atom stereocenters. The number of halogens is 2. The monoisotopic (exact) mass is 348 g/mol. The maximum absolute atomic E-state index is 13.6. The van der Waals surface area contributed by atoms with Gasteiger partial charge in [-0.3, -0.25) is 4.79 Å². The zero-order valence-corrected chi connectivity index (χ0v) is 13.8. The lowest BCUT2D eigenvalue weighted by Crippen LogP contribution is -2.32. The summed E-state index contributed by atoms with van der Waals surface area (Å²) in [6.07, 6.45) is -1.52. The Balaban J connectivity index is 1.97. The molecule has 2 aromatic rings. The highest BCUT2D eigenvalue weighted by Gasteiger charge is 2.18. The van der Waals surface area contributed by atoms with Gasteiger partial charge in [0.05, 0.1) is 5.56 Å². The van der Waals surface area contributed by atoms with E-state index in [-0.39, 0.29) is 12.3 Å². The molecule has 0 bridgehead atoms. The molecule has 2 rings (SSSR count). The Kier molecular flexibility index (Phi) is 5.82. The number of aliphatic hydroxyl groups is 1. The molecule has 1 unspecified atom stereocenters. The molecule has 132 valence electrons. The summed E-state index contributed by atoms with van der Waals surface area (Å²) in [6.45, 7) is 2.82. The Morgan fingerprint density at radius 3 is 2.36 bits per heavy atom. The second kappa shape index (κ2) is 7.85. The number of ketones is 1. The van der Waals surface area contributed by atoms with Gasteiger partial charge in [0.1, 0.15) is 17.7 Å². The molecule has 3 N–H and O–H groups in total. The molecule has 2 amide bonds. The molecule has 7 heteroatoms. The van der Waals surface area contributed by atoms with Gasteiger partial charge in [-0.05, 0) is 49.7 Å². The fourth-order valence-corrected chi connectivity index (χ4v) is 2.43. The van der Waals surface area contributed by atoms with Crippen LogP contribution in [0.25, 0.3) is 0 Å². The van der Waals surface area contributed by atoms with Crippen molar-refractivity contribution in [2.45, 2.75) is 20.0 Å². The van der Waals surface area contributed by atoms with Gasteiger partial charge >= 0.3 is 6.03 Å². The Labute approximate surface area is 143 Å². The fraction of sp³-hybridized carbons (Fsp3) is 0.222. The first-order valence-electron chi connectivity index (χ1n) is 7.58. The third-order valence-electron chi connectivity index (χ3n) is 3.65. The third-order valence-corrected chi connectivity index (χ3v) is 3.65. The van der Waals surface area contributed by atoms with Gasteiger partial charge in [0.25, 0.3) is 0 Å². The van der Waals surface area contributed by atoms with Gasteiger partial charge in [-0.15, -0.1) is 0 Å². The van der Waals surface area contributed by atoms with Crippen molar-refractivity contribution in [1.82, 2.24) is 5.32 Å². The van der Waals surface area contributed by atoms with Gasteiger partial charge in [-0.1, -0.05) is 6.07 Å². The Morgan fingerprint density at radius 1 is 1.16 bits per heavy atom. The SMILES string of the molecule is CC(=O)c1ccc(NC(=O)NCC(O)c2c(F)cccc2F)cc1C. The number of anilines is 1. The summed E-state index contributed by atoms with van der Waals surface area (Å²) in [7, 11) is 0. The van der Waals surface area contributed by atoms with Crippen LogP contribution >= 0.6 is 0 Å². The predicted molar refractivity (Wildman–Crippen MR) is 89.5 cm³/mol. The lowest BCUT2D eigenvalue weighted by Gasteiger charge is -2.14. The van der Waals surface area contributed by atoms with Crippen LogP contribution in [-0.2, 0) is 0 Å². The number of rotatable bonds is 5. The summed E-state index contributed by atoms with van der Waals surface area (Å²) >= 11 is 0. The van der Waals surface area contributed by atoms with Crippen LogP contribution in [0, 0.1) is 18.6 Å². The normalized spacial score (nSPS) is 11.7. The zero-order chi connectivity index (χ0) is 18.6. The number of nitrogens with one attached hydrogen (secondary N) is 2. The van der Waals surface area contributed by atoms with Gasteiger partial charge in [-0.2, -0.15) is 0 Å². The van der Waals surface area contributed by atoms with Crippen LogP contribution in [0.5, 0.6) is 0 Å². The number of Topliss-reactive ketones (excluding diaryl/α,β-unsaturated/α-hetero) is 1. The minimum atomic E-state index is -1.52. The van der Waals surface area contributed by atoms with E-state index in [2.05, 4.69) is 10.6 Å². The molecule has 0 aliphatic heterocycles. The van der Waals surface area contributed by atoms with E-state index in [1.54, 1.807) is 25.1 Å². The molecule has 0 saturated heterocycles. The first-order valence-corrected chi connectivity index (χ1v) is 7.58. The van der Waals surface area contributed by atoms with Gasteiger partial charge < -0.3 is 15.7 Å². The molecule has 2 aromatic carbocycles. The Morgan fingerprint density at radius 2 is 1.80 bits per heavy atom.